The fourth-order valence-corrected chi connectivity index (χ4v) is 8.37. The van der Waals surface area contributed by atoms with Crippen molar-refractivity contribution in [3.8, 4) is 34.3 Å². The number of aliphatic hydroxyl groups is 4. The lowest BCUT2D eigenvalue weighted by Gasteiger charge is -2.44. The van der Waals surface area contributed by atoms with Gasteiger partial charge in [-0.2, -0.15) is 4.98 Å². The maximum Gasteiger partial charge on any atom is 0.258 e. The van der Waals surface area contributed by atoms with Gasteiger partial charge in [-0.25, -0.2) is 0 Å². The van der Waals surface area contributed by atoms with Gasteiger partial charge in [-0.3, -0.25) is 5.32 Å². The van der Waals surface area contributed by atoms with Crippen molar-refractivity contribution < 1.29 is 34.4 Å². The maximum absolute atomic E-state index is 11.6. The van der Waals surface area contributed by atoms with Crippen LogP contribution in [0.1, 0.15) is 81.5 Å². The standard InChI is InChI=1S/C45H63N5O7/c1-4-7-8-9-10-11-13-32-16-17-33-20-23-49(24-21-34(33)26-32)28-36(29-51)43(54)47-45(30-52,31-53)50-25-22-37-38(14-12-15-39(37)50)42-46-44(57-48-42)35-18-19-40(55-5-2)41(27-35)56-6-3/h12,14-19,26-27,36,43,47,51-54H,4-11,13,20-25,28-31H2,1-3H3. The topological polar surface area (TPSA) is 157 Å². The van der Waals surface area contributed by atoms with E-state index in [4.69, 9.17) is 19.0 Å². The van der Waals surface area contributed by atoms with Crippen LogP contribution in [0.2, 0.25) is 0 Å². The van der Waals surface area contributed by atoms with E-state index in [1.807, 2.05) is 55.1 Å². The van der Waals surface area contributed by atoms with E-state index in [0.717, 1.165) is 49.2 Å². The number of aromatic nitrogens is 2. The molecule has 0 radical (unpaired) electrons. The normalized spacial score (nSPS) is 15.6. The number of hydrogen-bond acceptors (Lipinski definition) is 12. The molecule has 0 aliphatic carbocycles. The molecule has 0 saturated carbocycles. The number of aryl methyl sites for hydroxylation is 1. The molecule has 0 saturated heterocycles. The number of rotatable bonds is 22. The zero-order valence-electron chi connectivity index (χ0n) is 34.1. The third-order valence-corrected chi connectivity index (χ3v) is 11.6. The van der Waals surface area contributed by atoms with E-state index < -0.39 is 31.0 Å². The Morgan fingerprint density at radius 3 is 2.33 bits per heavy atom. The first kappa shape index (κ1) is 42.6. The lowest BCUT2D eigenvalue weighted by atomic mass is 9.97. The molecular weight excluding hydrogens is 723 g/mol. The summed E-state index contributed by atoms with van der Waals surface area (Å²) in [6.45, 7) is 8.45. The number of nitrogens with zero attached hydrogens (tertiary/aromatic N) is 4. The highest BCUT2D eigenvalue weighted by molar-refractivity contribution is 5.74. The van der Waals surface area contributed by atoms with E-state index in [0.29, 0.717) is 61.5 Å². The van der Waals surface area contributed by atoms with Crippen LogP contribution in [-0.2, 0) is 25.7 Å². The molecule has 1 aromatic heterocycles. The number of anilines is 1. The fourth-order valence-electron chi connectivity index (χ4n) is 8.37. The Labute approximate surface area is 337 Å². The van der Waals surface area contributed by atoms with Crippen LogP contribution in [0.15, 0.2) is 59.1 Å². The lowest BCUT2D eigenvalue weighted by molar-refractivity contribution is -0.0260. The third kappa shape index (κ3) is 10.2. The monoisotopic (exact) mass is 785 g/mol. The predicted molar refractivity (Wildman–Crippen MR) is 223 cm³/mol. The third-order valence-electron chi connectivity index (χ3n) is 11.6. The van der Waals surface area contributed by atoms with E-state index in [1.54, 1.807) is 0 Å². The highest BCUT2D eigenvalue weighted by Crippen LogP contribution is 2.40. The van der Waals surface area contributed by atoms with E-state index in [1.165, 1.54) is 55.2 Å². The zero-order valence-corrected chi connectivity index (χ0v) is 34.1. The van der Waals surface area contributed by atoms with Crippen LogP contribution in [0.5, 0.6) is 11.5 Å². The molecule has 4 aromatic rings. The number of unbranched alkanes of at least 4 members (excludes halogenated alkanes) is 5. The molecule has 0 spiro atoms. The van der Waals surface area contributed by atoms with Crippen molar-refractivity contribution >= 4 is 5.69 Å². The van der Waals surface area contributed by atoms with Crippen LogP contribution in [0.25, 0.3) is 22.8 Å². The van der Waals surface area contributed by atoms with Crippen molar-refractivity contribution in [3.05, 3.63) is 76.9 Å². The van der Waals surface area contributed by atoms with Gasteiger partial charge in [-0.05, 0) is 92.5 Å². The molecule has 12 heteroatoms. The smallest absolute Gasteiger partial charge is 0.258 e. The predicted octanol–water partition coefficient (Wildman–Crippen LogP) is 5.76. The van der Waals surface area contributed by atoms with Crippen molar-refractivity contribution in [1.29, 1.82) is 0 Å². The second-order valence-corrected chi connectivity index (χ2v) is 15.5. The van der Waals surface area contributed by atoms with E-state index in [9.17, 15) is 20.4 Å². The minimum atomic E-state index is -1.40. The average molecular weight is 786 g/mol. The summed E-state index contributed by atoms with van der Waals surface area (Å²) in [5.41, 5.74) is 5.97. The first-order valence-electron chi connectivity index (χ1n) is 21.1. The van der Waals surface area contributed by atoms with Crippen LogP contribution in [0, 0.1) is 5.92 Å². The summed E-state index contributed by atoms with van der Waals surface area (Å²) < 4.78 is 17.2. The second kappa shape index (κ2) is 20.6. The molecule has 6 rings (SSSR count). The Kier molecular flexibility index (Phi) is 15.4. The van der Waals surface area contributed by atoms with E-state index >= 15 is 0 Å². The van der Waals surface area contributed by atoms with Gasteiger partial charge in [0.15, 0.2) is 11.5 Å². The van der Waals surface area contributed by atoms with Gasteiger partial charge in [0.05, 0.1) is 33.0 Å². The molecule has 0 bridgehead atoms. The molecular formula is C45H63N5O7. The number of hydrogen-bond donors (Lipinski definition) is 5. The van der Waals surface area contributed by atoms with Crippen molar-refractivity contribution in [2.45, 2.75) is 96.9 Å². The molecule has 310 valence electrons. The Hall–Kier alpha value is -4.04. The summed E-state index contributed by atoms with van der Waals surface area (Å²) >= 11 is 0. The van der Waals surface area contributed by atoms with E-state index in [-0.39, 0.29) is 6.61 Å². The van der Waals surface area contributed by atoms with Crippen molar-refractivity contribution in [2.24, 2.45) is 5.92 Å². The molecule has 0 amide bonds. The molecule has 5 N–H and O–H groups in total. The molecule has 2 unspecified atom stereocenters. The van der Waals surface area contributed by atoms with Gasteiger partial charge in [0.25, 0.3) is 5.89 Å². The van der Waals surface area contributed by atoms with Crippen molar-refractivity contribution in [3.63, 3.8) is 0 Å². The van der Waals surface area contributed by atoms with Gasteiger partial charge in [-0.1, -0.05) is 74.5 Å². The SMILES string of the molecule is CCCCCCCCc1ccc2c(c1)CCN(CC(CO)C(O)NC(CO)(CO)N1CCc3c(-c4noc(-c5ccc(OCC)c(OCC)c5)n4)cccc31)CC2. The minimum Gasteiger partial charge on any atom is -0.490 e. The van der Waals surface area contributed by atoms with Crippen LogP contribution >= 0.6 is 0 Å². The number of ether oxygens (including phenoxy) is 2. The Bertz CT molecular complexity index is 1860. The molecule has 2 aliphatic rings. The Balaban J connectivity index is 1.11. The zero-order chi connectivity index (χ0) is 40.2. The quantitative estimate of drug-likeness (QED) is 0.0486. The maximum atomic E-state index is 11.6. The molecule has 2 aliphatic heterocycles. The minimum absolute atomic E-state index is 0.256. The second-order valence-electron chi connectivity index (χ2n) is 15.5. The Morgan fingerprint density at radius 2 is 1.58 bits per heavy atom. The lowest BCUT2D eigenvalue weighted by Crippen LogP contribution is -2.68. The average Bonchev–Trinajstić information content (AvgIpc) is 3.86. The van der Waals surface area contributed by atoms with Crippen LogP contribution in [0.4, 0.5) is 5.69 Å². The van der Waals surface area contributed by atoms with Gasteiger partial charge in [-0.15, -0.1) is 0 Å². The number of aliphatic hydroxyl groups excluding tert-OH is 4. The van der Waals surface area contributed by atoms with Gasteiger partial charge in [0, 0.05) is 48.9 Å². The van der Waals surface area contributed by atoms with Gasteiger partial charge >= 0.3 is 0 Å². The summed E-state index contributed by atoms with van der Waals surface area (Å²) in [5, 5.41) is 51.4. The molecule has 12 nitrogen and oxygen atoms in total. The van der Waals surface area contributed by atoms with Gasteiger partial charge < -0.3 is 44.2 Å². The van der Waals surface area contributed by atoms with Gasteiger partial charge in [0.1, 0.15) is 11.9 Å². The number of benzene rings is 3. The number of fused-ring (bicyclic) bond motifs is 2. The highest BCUT2D eigenvalue weighted by Gasteiger charge is 2.43. The largest absolute Gasteiger partial charge is 0.490 e. The Morgan fingerprint density at radius 1 is 0.825 bits per heavy atom. The van der Waals surface area contributed by atoms with Crippen LogP contribution in [-0.4, -0.2) is 107 Å². The molecule has 2 atom stereocenters. The van der Waals surface area contributed by atoms with Crippen molar-refractivity contribution in [2.75, 3.05) is 64.1 Å². The van der Waals surface area contributed by atoms with Crippen LogP contribution in [0.3, 0.4) is 0 Å². The first-order valence-corrected chi connectivity index (χ1v) is 21.1. The summed E-state index contributed by atoms with van der Waals surface area (Å²) in [5.74, 6) is 1.44. The van der Waals surface area contributed by atoms with Crippen LogP contribution < -0.4 is 19.7 Å². The highest BCUT2D eigenvalue weighted by atomic mass is 16.5. The number of nitrogens with one attached hydrogen (secondary N) is 1. The fraction of sp³-hybridized carbons (Fsp3) is 0.556. The summed E-state index contributed by atoms with van der Waals surface area (Å²) in [6, 6.07) is 18.2. The summed E-state index contributed by atoms with van der Waals surface area (Å²) in [6.07, 6.45) is 10.1. The molecule has 3 aromatic carbocycles. The summed E-state index contributed by atoms with van der Waals surface area (Å²) in [7, 11) is 0. The first-order chi connectivity index (χ1) is 27.9. The van der Waals surface area contributed by atoms with Crippen molar-refractivity contribution in [1.82, 2.24) is 20.4 Å². The van der Waals surface area contributed by atoms with E-state index in [2.05, 4.69) is 40.5 Å². The van der Waals surface area contributed by atoms with Gasteiger partial charge in [0.2, 0.25) is 5.82 Å². The molecule has 0 fully saturated rings. The molecule has 57 heavy (non-hydrogen) atoms. The molecule has 3 heterocycles. The summed E-state index contributed by atoms with van der Waals surface area (Å²) in [4.78, 5) is 8.94.